The van der Waals surface area contributed by atoms with Gasteiger partial charge in [-0.25, -0.2) is 0 Å². The Morgan fingerprint density at radius 3 is 2.47 bits per heavy atom. The molecule has 0 aromatic heterocycles. The molecule has 0 radical (unpaired) electrons. The highest BCUT2D eigenvalue weighted by Gasteiger charge is 2.14. The molecule has 0 saturated heterocycles. The van der Waals surface area contributed by atoms with Crippen LogP contribution in [0.1, 0.15) is 22.3 Å². The monoisotopic (exact) mass is 264 g/mol. The summed E-state index contributed by atoms with van der Waals surface area (Å²) in [5.41, 5.74) is 5.94. The van der Waals surface area contributed by atoms with Gasteiger partial charge in [-0.05, 0) is 40.0 Å². The maximum absolute atomic E-state index is 6.09. The number of allylic oxidation sites excluding steroid dienone is 2. The molecule has 0 unspecified atom stereocenters. The van der Waals surface area contributed by atoms with Crippen molar-refractivity contribution in [2.24, 2.45) is 0 Å². The molecule has 19 heavy (non-hydrogen) atoms. The molecule has 0 fully saturated rings. The van der Waals surface area contributed by atoms with E-state index in [-0.39, 0.29) is 0 Å². The van der Waals surface area contributed by atoms with Gasteiger partial charge < -0.3 is 0 Å². The van der Waals surface area contributed by atoms with Gasteiger partial charge in [0, 0.05) is 5.02 Å². The molecular weight excluding hydrogens is 252 g/mol. The number of benzene rings is 2. The van der Waals surface area contributed by atoms with E-state index in [0.29, 0.717) is 0 Å². The van der Waals surface area contributed by atoms with Crippen LogP contribution in [0, 0.1) is 0 Å². The van der Waals surface area contributed by atoms with E-state index in [4.69, 9.17) is 11.6 Å². The first kappa shape index (κ1) is 12.0. The van der Waals surface area contributed by atoms with E-state index in [1.165, 1.54) is 22.3 Å². The zero-order valence-electron chi connectivity index (χ0n) is 10.4. The highest BCUT2D eigenvalue weighted by Crippen LogP contribution is 2.34. The van der Waals surface area contributed by atoms with E-state index in [9.17, 15) is 0 Å². The van der Waals surface area contributed by atoms with E-state index in [0.717, 1.165) is 10.6 Å². The van der Waals surface area contributed by atoms with Crippen molar-refractivity contribution in [2.75, 3.05) is 0 Å². The predicted octanol–water partition coefficient (Wildman–Crippen LogP) is 5.44. The molecule has 0 N–H and O–H groups in total. The maximum atomic E-state index is 6.09. The fraction of sp³-hybridized carbons (Fsp3) is 0. The van der Waals surface area contributed by atoms with Gasteiger partial charge in [0.2, 0.25) is 0 Å². The van der Waals surface area contributed by atoms with Crippen LogP contribution in [0.4, 0.5) is 0 Å². The third-order valence-corrected chi connectivity index (χ3v) is 3.52. The normalized spacial score (nSPS) is 14.7. The van der Waals surface area contributed by atoms with Crippen LogP contribution in [-0.2, 0) is 0 Å². The van der Waals surface area contributed by atoms with E-state index < -0.39 is 0 Å². The Morgan fingerprint density at radius 1 is 0.895 bits per heavy atom. The molecule has 2 aromatic carbocycles. The van der Waals surface area contributed by atoms with Gasteiger partial charge in [-0.2, -0.15) is 0 Å². The lowest BCUT2D eigenvalue weighted by Crippen LogP contribution is -1.91. The Labute approximate surface area is 118 Å². The Balaban J connectivity index is 2.33. The second-order valence-corrected chi connectivity index (χ2v) is 4.90. The fourth-order valence-corrected chi connectivity index (χ4v) is 2.61. The van der Waals surface area contributed by atoms with Crippen LogP contribution in [0.3, 0.4) is 0 Å². The highest BCUT2D eigenvalue weighted by molar-refractivity contribution is 6.30. The zero-order valence-corrected chi connectivity index (χ0v) is 11.2. The molecule has 3 rings (SSSR count). The van der Waals surface area contributed by atoms with Crippen molar-refractivity contribution in [2.45, 2.75) is 0 Å². The molecule has 2 aromatic rings. The fourth-order valence-electron chi connectivity index (χ4n) is 2.43. The van der Waals surface area contributed by atoms with Crippen molar-refractivity contribution in [1.82, 2.24) is 0 Å². The number of rotatable bonds is 1. The molecule has 0 nitrogen and oxygen atoms in total. The topological polar surface area (TPSA) is 0 Å². The lowest BCUT2D eigenvalue weighted by atomic mass is 9.93. The first-order valence-electron chi connectivity index (χ1n) is 6.20. The van der Waals surface area contributed by atoms with Gasteiger partial charge in [0.05, 0.1) is 0 Å². The summed E-state index contributed by atoms with van der Waals surface area (Å²) in [7, 11) is 0. The van der Waals surface area contributed by atoms with Crippen molar-refractivity contribution < 1.29 is 0 Å². The Hall–Kier alpha value is -2.05. The summed E-state index contributed by atoms with van der Waals surface area (Å²) in [6, 6.07) is 14.4. The van der Waals surface area contributed by atoms with Crippen LogP contribution in [0.5, 0.6) is 0 Å². The van der Waals surface area contributed by atoms with E-state index in [2.05, 4.69) is 55.1 Å². The van der Waals surface area contributed by atoms with E-state index >= 15 is 0 Å². The van der Waals surface area contributed by atoms with Gasteiger partial charge in [-0.15, -0.1) is 0 Å². The van der Waals surface area contributed by atoms with Crippen molar-refractivity contribution in [3.05, 3.63) is 88.5 Å². The molecule has 1 heteroatoms. The smallest absolute Gasteiger partial charge is 0.0412 e. The summed E-state index contributed by atoms with van der Waals surface area (Å²) in [5.74, 6) is 0. The molecule has 0 atom stereocenters. The van der Waals surface area contributed by atoms with Crippen LogP contribution < -0.4 is 0 Å². The summed E-state index contributed by atoms with van der Waals surface area (Å²) in [6.45, 7) is 3.83. The molecule has 1 aliphatic carbocycles. The quantitative estimate of drug-likeness (QED) is 0.549. The number of hydrogen-bond acceptors (Lipinski definition) is 0. The number of halogens is 1. The van der Waals surface area contributed by atoms with Crippen LogP contribution >= 0.6 is 11.6 Å². The number of hydrogen-bond donors (Lipinski definition) is 0. The first-order valence-corrected chi connectivity index (χ1v) is 6.57. The summed E-state index contributed by atoms with van der Waals surface area (Å²) in [6.07, 6.45) is 8.13. The molecule has 1 aliphatic rings. The second-order valence-electron chi connectivity index (χ2n) is 4.47. The number of fused-ring (bicyclic) bond motifs is 2. The van der Waals surface area contributed by atoms with Gasteiger partial charge in [0.1, 0.15) is 0 Å². The summed E-state index contributed by atoms with van der Waals surface area (Å²) in [5, 5.41) is 0.757. The lowest BCUT2D eigenvalue weighted by molar-refractivity contribution is 1.53. The third-order valence-electron chi connectivity index (χ3n) is 3.28. The van der Waals surface area contributed by atoms with Crippen molar-refractivity contribution in [3.63, 3.8) is 0 Å². The van der Waals surface area contributed by atoms with Crippen molar-refractivity contribution >= 4 is 29.3 Å². The maximum Gasteiger partial charge on any atom is 0.0412 e. The SMILES string of the molecule is C=CC=C1c2ccccc2C=Cc2cc(Cl)ccc21. The van der Waals surface area contributed by atoms with E-state index in [1.807, 2.05) is 18.2 Å². The molecule has 0 spiro atoms. The molecular formula is C18H13Cl. The van der Waals surface area contributed by atoms with Gasteiger partial charge in [-0.3, -0.25) is 0 Å². The molecule has 92 valence electrons. The molecule has 0 aliphatic heterocycles. The third kappa shape index (κ3) is 2.16. The van der Waals surface area contributed by atoms with Crippen LogP contribution in [0.25, 0.3) is 17.7 Å². The molecule has 0 amide bonds. The van der Waals surface area contributed by atoms with Crippen LogP contribution in [0.2, 0.25) is 5.02 Å². The van der Waals surface area contributed by atoms with Gasteiger partial charge in [0.15, 0.2) is 0 Å². The minimum Gasteiger partial charge on any atom is -0.0990 e. The van der Waals surface area contributed by atoms with Gasteiger partial charge in [0.25, 0.3) is 0 Å². The largest absolute Gasteiger partial charge is 0.0990 e. The van der Waals surface area contributed by atoms with Crippen molar-refractivity contribution in [1.29, 1.82) is 0 Å². The summed E-state index contributed by atoms with van der Waals surface area (Å²) < 4.78 is 0. The Kier molecular flexibility index (Phi) is 3.10. The molecule has 0 heterocycles. The summed E-state index contributed by atoms with van der Waals surface area (Å²) in [4.78, 5) is 0. The average molecular weight is 265 g/mol. The molecule has 0 saturated carbocycles. The van der Waals surface area contributed by atoms with E-state index in [1.54, 1.807) is 0 Å². The van der Waals surface area contributed by atoms with Crippen molar-refractivity contribution in [3.8, 4) is 0 Å². The first-order chi connectivity index (χ1) is 9.29. The zero-order chi connectivity index (χ0) is 13.2. The Bertz CT molecular complexity index is 705. The predicted molar refractivity (Wildman–Crippen MR) is 84.1 cm³/mol. The Morgan fingerprint density at radius 2 is 1.63 bits per heavy atom. The minimum atomic E-state index is 0.757. The minimum absolute atomic E-state index is 0.757. The van der Waals surface area contributed by atoms with Crippen LogP contribution in [-0.4, -0.2) is 0 Å². The highest BCUT2D eigenvalue weighted by atomic mass is 35.5. The standard InChI is InChI=1S/C18H13Cl/c1-2-5-18-16-7-4-3-6-13(16)8-9-14-12-15(19)10-11-17(14)18/h2-12H,1H2. The lowest BCUT2D eigenvalue weighted by Gasteiger charge is -2.11. The average Bonchev–Trinajstić information content (AvgIpc) is 2.57. The second kappa shape index (κ2) is 4.91. The molecule has 0 bridgehead atoms. The summed E-state index contributed by atoms with van der Waals surface area (Å²) >= 11 is 6.09. The van der Waals surface area contributed by atoms with Crippen LogP contribution in [0.15, 0.2) is 61.2 Å². The van der Waals surface area contributed by atoms with Gasteiger partial charge >= 0.3 is 0 Å². The van der Waals surface area contributed by atoms with Gasteiger partial charge in [-0.1, -0.05) is 72.8 Å².